The Labute approximate surface area is 259 Å². The van der Waals surface area contributed by atoms with E-state index in [4.69, 9.17) is 23.2 Å². The molecule has 0 radical (unpaired) electrons. The topological polar surface area (TPSA) is 102 Å². The molecule has 3 N–H and O–H groups in total. The number of anilines is 1. The van der Waals surface area contributed by atoms with Gasteiger partial charge in [-0.3, -0.25) is 4.79 Å². The van der Waals surface area contributed by atoms with E-state index in [1.165, 1.54) is 54.6 Å². The fourth-order valence-corrected chi connectivity index (χ4v) is 7.30. The molecule has 224 valence electrons. The first kappa shape index (κ1) is 30.9. The Hall–Kier alpha value is -3.51. The standard InChI is InChI=1S/C33H31Cl2F2N3O3/c1-32(14-3-2-4-15-32)17-26-33(18-38,23-13-10-20(34)16-25(23)36)27(22-6-5-7-24(35)28(22)37)29(40-26)30(41)39-21-11-8-19(9-12-21)31(42)43/h5-13,16,26-27,29,40H,2-4,14-15,17H2,1H3,(H,39,41)(H,42,43)/t26-,27-,29+,33-/m0/s1. The van der Waals surface area contributed by atoms with Gasteiger partial charge in [-0.05, 0) is 72.7 Å². The summed E-state index contributed by atoms with van der Waals surface area (Å²) in [6.45, 7) is 2.14. The lowest BCUT2D eigenvalue weighted by Gasteiger charge is -2.41. The van der Waals surface area contributed by atoms with Crippen LogP contribution in [0.4, 0.5) is 14.5 Å². The number of halogens is 4. The number of hydrogen-bond donors (Lipinski definition) is 3. The third kappa shape index (κ3) is 5.86. The van der Waals surface area contributed by atoms with Crippen LogP contribution in [0, 0.1) is 28.4 Å². The van der Waals surface area contributed by atoms with Crippen molar-refractivity contribution in [2.24, 2.45) is 5.41 Å². The van der Waals surface area contributed by atoms with Crippen molar-refractivity contribution in [3.63, 3.8) is 0 Å². The van der Waals surface area contributed by atoms with Crippen LogP contribution in [0.25, 0.3) is 0 Å². The molecular weight excluding hydrogens is 595 g/mol. The summed E-state index contributed by atoms with van der Waals surface area (Å²) in [5.74, 6) is -4.42. The zero-order valence-electron chi connectivity index (χ0n) is 23.5. The number of aromatic carboxylic acids is 1. The average molecular weight is 627 g/mol. The Morgan fingerprint density at radius 3 is 2.40 bits per heavy atom. The predicted molar refractivity (Wildman–Crippen MR) is 161 cm³/mol. The van der Waals surface area contributed by atoms with Crippen LogP contribution in [0.15, 0.2) is 60.7 Å². The largest absolute Gasteiger partial charge is 0.478 e. The molecule has 5 rings (SSSR count). The minimum absolute atomic E-state index is 0.00794. The molecule has 4 atom stereocenters. The summed E-state index contributed by atoms with van der Waals surface area (Å²) >= 11 is 12.3. The van der Waals surface area contributed by atoms with Crippen molar-refractivity contribution >= 4 is 40.8 Å². The summed E-state index contributed by atoms with van der Waals surface area (Å²) in [7, 11) is 0. The molecule has 2 fully saturated rings. The van der Waals surface area contributed by atoms with Gasteiger partial charge in [0.15, 0.2) is 0 Å². The lowest BCUT2D eigenvalue weighted by atomic mass is 9.61. The summed E-state index contributed by atoms with van der Waals surface area (Å²) in [6, 6.07) is 14.5. The minimum Gasteiger partial charge on any atom is -0.478 e. The summed E-state index contributed by atoms with van der Waals surface area (Å²) < 4.78 is 31.8. The maximum atomic E-state index is 15.9. The zero-order chi connectivity index (χ0) is 30.9. The number of amides is 1. The lowest BCUT2D eigenvalue weighted by Crippen LogP contribution is -2.46. The molecular formula is C33H31Cl2F2N3O3. The number of hydrogen-bond acceptors (Lipinski definition) is 4. The third-order valence-electron chi connectivity index (χ3n) is 9.07. The van der Waals surface area contributed by atoms with E-state index in [-0.39, 0.29) is 32.2 Å². The molecule has 3 aromatic carbocycles. The van der Waals surface area contributed by atoms with E-state index in [9.17, 15) is 20.0 Å². The van der Waals surface area contributed by atoms with E-state index in [0.717, 1.165) is 38.2 Å². The molecule has 43 heavy (non-hydrogen) atoms. The van der Waals surface area contributed by atoms with Gasteiger partial charge in [0.25, 0.3) is 0 Å². The van der Waals surface area contributed by atoms with E-state index in [0.29, 0.717) is 12.1 Å². The van der Waals surface area contributed by atoms with Gasteiger partial charge in [-0.2, -0.15) is 5.26 Å². The van der Waals surface area contributed by atoms with Crippen LogP contribution >= 0.6 is 23.2 Å². The first-order valence-electron chi connectivity index (χ1n) is 14.2. The SMILES string of the molecule is CC1(C[C@@H]2N[C@@H](C(=O)Nc3ccc(C(=O)O)cc3)[C@H](c3cccc(Cl)c3F)[C@@]2(C#N)c2ccc(Cl)cc2F)CCCCC1. The molecule has 1 heterocycles. The highest BCUT2D eigenvalue weighted by Crippen LogP contribution is 2.54. The highest BCUT2D eigenvalue weighted by molar-refractivity contribution is 6.31. The van der Waals surface area contributed by atoms with Gasteiger partial charge in [-0.25, -0.2) is 13.6 Å². The lowest BCUT2D eigenvalue weighted by molar-refractivity contribution is -0.118. The summed E-state index contributed by atoms with van der Waals surface area (Å²) in [6.07, 6.45) is 5.38. The van der Waals surface area contributed by atoms with Gasteiger partial charge in [-0.1, -0.05) is 67.6 Å². The van der Waals surface area contributed by atoms with E-state index < -0.39 is 46.9 Å². The van der Waals surface area contributed by atoms with Crippen LogP contribution in [0.3, 0.4) is 0 Å². The predicted octanol–water partition coefficient (Wildman–Crippen LogP) is 7.85. The minimum atomic E-state index is -1.73. The van der Waals surface area contributed by atoms with Crippen LogP contribution in [-0.2, 0) is 10.2 Å². The number of nitrogens with one attached hydrogen (secondary N) is 2. The molecule has 3 aromatic rings. The molecule has 1 aliphatic carbocycles. The van der Waals surface area contributed by atoms with Crippen LogP contribution in [0.1, 0.15) is 72.9 Å². The van der Waals surface area contributed by atoms with Crippen LogP contribution < -0.4 is 10.6 Å². The zero-order valence-corrected chi connectivity index (χ0v) is 25.0. The van der Waals surface area contributed by atoms with Gasteiger partial charge in [0.1, 0.15) is 17.0 Å². The van der Waals surface area contributed by atoms with Crippen LogP contribution in [-0.4, -0.2) is 29.1 Å². The number of carboxylic acids is 1. The molecule has 0 bridgehead atoms. The maximum absolute atomic E-state index is 15.9. The van der Waals surface area contributed by atoms with Gasteiger partial charge >= 0.3 is 5.97 Å². The number of nitrogens with zero attached hydrogens (tertiary/aromatic N) is 1. The first-order chi connectivity index (χ1) is 20.5. The fourth-order valence-electron chi connectivity index (χ4n) is 6.96. The molecule has 1 saturated carbocycles. The van der Waals surface area contributed by atoms with Crippen molar-refractivity contribution in [1.82, 2.24) is 5.32 Å². The summed E-state index contributed by atoms with van der Waals surface area (Å²) in [5, 5.41) is 26.4. The van der Waals surface area contributed by atoms with Gasteiger partial charge < -0.3 is 15.7 Å². The second-order valence-corrected chi connectivity index (χ2v) is 12.7. The highest BCUT2D eigenvalue weighted by atomic mass is 35.5. The monoisotopic (exact) mass is 625 g/mol. The van der Waals surface area contributed by atoms with Crippen molar-refractivity contribution in [2.75, 3.05) is 5.32 Å². The molecule has 10 heteroatoms. The Morgan fingerprint density at radius 2 is 1.77 bits per heavy atom. The van der Waals surface area contributed by atoms with Gasteiger partial charge in [0.2, 0.25) is 5.91 Å². The van der Waals surface area contributed by atoms with Crippen molar-refractivity contribution in [1.29, 1.82) is 5.26 Å². The number of nitriles is 1. The normalized spacial score (nSPS) is 24.7. The van der Waals surface area contributed by atoms with Crippen molar-refractivity contribution in [3.8, 4) is 6.07 Å². The number of benzene rings is 3. The smallest absolute Gasteiger partial charge is 0.335 e. The Kier molecular flexibility index (Phi) is 8.80. The third-order valence-corrected chi connectivity index (χ3v) is 9.60. The second kappa shape index (κ2) is 12.2. The highest BCUT2D eigenvalue weighted by Gasteiger charge is 2.61. The maximum Gasteiger partial charge on any atom is 0.335 e. The molecule has 0 spiro atoms. The van der Waals surface area contributed by atoms with Crippen LogP contribution in [0.5, 0.6) is 0 Å². The van der Waals surface area contributed by atoms with E-state index in [1.807, 2.05) is 0 Å². The molecule has 1 aliphatic heterocycles. The Balaban J connectivity index is 1.68. The molecule has 0 aromatic heterocycles. The van der Waals surface area contributed by atoms with Gasteiger partial charge in [0, 0.05) is 28.2 Å². The van der Waals surface area contributed by atoms with Crippen molar-refractivity contribution in [3.05, 3.63) is 99.0 Å². The molecule has 2 aliphatic rings. The number of carboxylic acid groups (broad SMARTS) is 1. The number of rotatable bonds is 7. The average Bonchev–Trinajstić information content (AvgIpc) is 3.29. The van der Waals surface area contributed by atoms with Crippen molar-refractivity contribution < 1.29 is 23.5 Å². The Morgan fingerprint density at radius 1 is 1.07 bits per heavy atom. The van der Waals surface area contributed by atoms with E-state index in [1.54, 1.807) is 0 Å². The first-order valence-corrected chi connectivity index (χ1v) is 15.0. The van der Waals surface area contributed by atoms with Crippen molar-refractivity contribution in [2.45, 2.75) is 68.9 Å². The quantitative estimate of drug-likeness (QED) is 0.248. The molecule has 1 amide bonds. The number of carbonyl (C=O) groups excluding carboxylic acids is 1. The van der Waals surface area contributed by atoms with E-state index >= 15 is 8.78 Å². The van der Waals surface area contributed by atoms with Gasteiger partial charge in [-0.15, -0.1) is 0 Å². The van der Waals surface area contributed by atoms with Crippen LogP contribution in [0.2, 0.25) is 10.0 Å². The molecule has 6 nitrogen and oxygen atoms in total. The number of carbonyl (C=O) groups is 2. The fraction of sp³-hybridized carbons (Fsp3) is 0.364. The second-order valence-electron chi connectivity index (χ2n) is 11.9. The van der Waals surface area contributed by atoms with E-state index in [2.05, 4.69) is 23.6 Å². The molecule has 0 unspecified atom stereocenters. The summed E-state index contributed by atoms with van der Waals surface area (Å²) in [5.41, 5.74) is -1.55. The summed E-state index contributed by atoms with van der Waals surface area (Å²) in [4.78, 5) is 25.3. The van der Waals surface area contributed by atoms with Gasteiger partial charge in [0.05, 0.1) is 22.7 Å². The molecule has 1 saturated heterocycles. The Bertz CT molecular complexity index is 1590.